The van der Waals surface area contributed by atoms with Crippen LogP contribution in [0.2, 0.25) is 0 Å². The van der Waals surface area contributed by atoms with E-state index in [-0.39, 0.29) is 11.9 Å². The second-order valence-electron chi connectivity index (χ2n) is 6.95. The van der Waals surface area contributed by atoms with E-state index in [2.05, 4.69) is 13.8 Å². The molecule has 1 aromatic rings. The number of benzene rings is 1. The summed E-state index contributed by atoms with van der Waals surface area (Å²) in [6.07, 6.45) is 10.3. The van der Waals surface area contributed by atoms with Gasteiger partial charge in [0.25, 0.3) is 0 Å². The van der Waals surface area contributed by atoms with Crippen molar-refractivity contribution >= 4 is 5.97 Å². The lowest BCUT2D eigenvalue weighted by Crippen LogP contribution is -2.25. The molecule has 1 aliphatic carbocycles. The molecule has 0 aliphatic heterocycles. The van der Waals surface area contributed by atoms with Crippen molar-refractivity contribution < 1.29 is 14.3 Å². The Labute approximate surface area is 146 Å². The van der Waals surface area contributed by atoms with Gasteiger partial charge in [-0.15, -0.1) is 0 Å². The van der Waals surface area contributed by atoms with Crippen molar-refractivity contribution in [2.24, 2.45) is 11.8 Å². The molecule has 1 aliphatic rings. The topological polar surface area (TPSA) is 35.5 Å². The Hall–Kier alpha value is -1.51. The van der Waals surface area contributed by atoms with Crippen molar-refractivity contribution in [2.45, 2.75) is 71.6 Å². The second kappa shape index (κ2) is 10.4. The minimum Gasteiger partial charge on any atom is -0.494 e. The second-order valence-corrected chi connectivity index (χ2v) is 6.95. The van der Waals surface area contributed by atoms with E-state index in [9.17, 15) is 4.79 Å². The minimum atomic E-state index is -0.0680. The number of rotatable bonds is 9. The minimum absolute atomic E-state index is 0.0680. The van der Waals surface area contributed by atoms with Gasteiger partial charge in [0.2, 0.25) is 0 Å². The molecule has 1 aromatic carbocycles. The highest BCUT2D eigenvalue weighted by Gasteiger charge is 2.27. The molecule has 0 saturated heterocycles. The van der Waals surface area contributed by atoms with Gasteiger partial charge in [0, 0.05) is 0 Å². The van der Waals surface area contributed by atoms with E-state index in [1.54, 1.807) is 0 Å². The van der Waals surface area contributed by atoms with Crippen molar-refractivity contribution in [1.29, 1.82) is 0 Å². The predicted octanol–water partition coefficient (Wildman–Crippen LogP) is 5.77. The molecule has 0 heterocycles. The van der Waals surface area contributed by atoms with E-state index in [4.69, 9.17) is 9.47 Å². The summed E-state index contributed by atoms with van der Waals surface area (Å²) in [5.41, 5.74) is 0. The van der Waals surface area contributed by atoms with Gasteiger partial charge in [0.1, 0.15) is 11.5 Å². The molecular weight excluding hydrogens is 300 g/mol. The van der Waals surface area contributed by atoms with Crippen LogP contribution in [0, 0.1) is 11.8 Å². The Morgan fingerprint density at radius 3 is 2.25 bits per heavy atom. The fourth-order valence-electron chi connectivity index (χ4n) is 3.44. The number of carbonyl (C=O) groups is 1. The first-order chi connectivity index (χ1) is 11.7. The number of esters is 1. The monoisotopic (exact) mass is 332 g/mol. The smallest absolute Gasteiger partial charge is 0.314 e. The zero-order valence-corrected chi connectivity index (χ0v) is 15.3. The highest BCUT2D eigenvalue weighted by Crippen LogP contribution is 2.32. The van der Waals surface area contributed by atoms with Crippen LogP contribution in [-0.4, -0.2) is 12.6 Å². The lowest BCUT2D eigenvalue weighted by atomic mass is 9.80. The molecule has 134 valence electrons. The summed E-state index contributed by atoms with van der Waals surface area (Å²) < 4.78 is 11.2. The number of unbranched alkanes of at least 4 members (excludes halogenated alkanes) is 2. The zero-order valence-electron chi connectivity index (χ0n) is 15.3. The molecule has 0 aromatic heterocycles. The summed E-state index contributed by atoms with van der Waals surface area (Å²) in [5, 5.41) is 0. The SMILES string of the molecule is CCCCCOc1ccc(OC(=O)[C@H]2CC[C@H](CCC)CC2)cc1. The third-order valence-corrected chi connectivity index (χ3v) is 4.94. The van der Waals surface area contributed by atoms with E-state index in [1.807, 2.05) is 24.3 Å². The van der Waals surface area contributed by atoms with Gasteiger partial charge in [0.05, 0.1) is 12.5 Å². The summed E-state index contributed by atoms with van der Waals surface area (Å²) in [6, 6.07) is 7.42. The molecule has 0 radical (unpaired) electrons. The molecule has 0 unspecified atom stereocenters. The summed E-state index contributed by atoms with van der Waals surface area (Å²) in [4.78, 5) is 12.3. The van der Waals surface area contributed by atoms with Gasteiger partial charge in [0.15, 0.2) is 0 Å². The molecule has 1 fully saturated rings. The molecule has 3 nitrogen and oxygen atoms in total. The Morgan fingerprint density at radius 2 is 1.62 bits per heavy atom. The van der Waals surface area contributed by atoms with Gasteiger partial charge < -0.3 is 9.47 Å². The van der Waals surface area contributed by atoms with Crippen molar-refractivity contribution in [2.75, 3.05) is 6.61 Å². The van der Waals surface area contributed by atoms with Crippen LogP contribution in [0.5, 0.6) is 11.5 Å². The highest BCUT2D eigenvalue weighted by molar-refractivity contribution is 5.75. The van der Waals surface area contributed by atoms with Crippen LogP contribution in [0.3, 0.4) is 0 Å². The average molecular weight is 332 g/mol. The number of ether oxygens (including phenoxy) is 2. The third kappa shape index (κ3) is 6.18. The molecule has 0 amide bonds. The van der Waals surface area contributed by atoms with Gasteiger partial charge in [-0.2, -0.15) is 0 Å². The Balaban J connectivity index is 1.74. The number of hydrogen-bond acceptors (Lipinski definition) is 3. The first-order valence-corrected chi connectivity index (χ1v) is 9.67. The van der Waals surface area contributed by atoms with Crippen molar-refractivity contribution in [1.82, 2.24) is 0 Å². The van der Waals surface area contributed by atoms with Crippen LogP contribution in [0.1, 0.15) is 71.6 Å². The molecule has 0 bridgehead atoms. The van der Waals surface area contributed by atoms with E-state index < -0.39 is 0 Å². The number of carbonyl (C=O) groups excluding carboxylic acids is 1. The van der Waals surface area contributed by atoms with E-state index >= 15 is 0 Å². The number of hydrogen-bond donors (Lipinski definition) is 0. The predicted molar refractivity (Wildman–Crippen MR) is 97.5 cm³/mol. The lowest BCUT2D eigenvalue weighted by molar-refractivity contribution is -0.140. The summed E-state index contributed by atoms with van der Waals surface area (Å²) in [7, 11) is 0. The largest absolute Gasteiger partial charge is 0.494 e. The van der Waals surface area contributed by atoms with Gasteiger partial charge in [-0.25, -0.2) is 0 Å². The van der Waals surface area contributed by atoms with Crippen LogP contribution in [0.15, 0.2) is 24.3 Å². The van der Waals surface area contributed by atoms with Crippen molar-refractivity contribution in [3.05, 3.63) is 24.3 Å². The highest BCUT2D eigenvalue weighted by atomic mass is 16.5. The quantitative estimate of drug-likeness (QED) is 0.327. The Morgan fingerprint density at radius 1 is 0.958 bits per heavy atom. The summed E-state index contributed by atoms with van der Waals surface area (Å²) >= 11 is 0. The molecular formula is C21H32O3. The van der Waals surface area contributed by atoms with Gasteiger partial charge in [-0.1, -0.05) is 39.5 Å². The summed E-state index contributed by atoms with van der Waals surface area (Å²) in [6.45, 7) is 5.16. The third-order valence-electron chi connectivity index (χ3n) is 4.94. The molecule has 3 heteroatoms. The van der Waals surface area contributed by atoms with Gasteiger partial charge in [-0.05, 0) is 62.3 Å². The summed E-state index contributed by atoms with van der Waals surface area (Å²) in [5.74, 6) is 2.27. The average Bonchev–Trinajstić information content (AvgIpc) is 2.61. The standard InChI is InChI=1S/C21H32O3/c1-3-5-6-16-23-19-12-14-20(15-13-19)24-21(22)18-10-8-17(7-4-2)9-11-18/h12-15,17-18H,3-11,16H2,1-2H3/t17-,18-. The maximum Gasteiger partial charge on any atom is 0.314 e. The fourth-order valence-corrected chi connectivity index (χ4v) is 3.44. The van der Waals surface area contributed by atoms with Crippen molar-refractivity contribution in [3.8, 4) is 11.5 Å². The Bertz CT molecular complexity index is 472. The van der Waals surface area contributed by atoms with E-state index in [1.165, 1.54) is 25.7 Å². The fraction of sp³-hybridized carbons (Fsp3) is 0.667. The van der Waals surface area contributed by atoms with E-state index in [0.717, 1.165) is 50.4 Å². The lowest BCUT2D eigenvalue weighted by Gasteiger charge is -2.26. The van der Waals surface area contributed by atoms with E-state index in [0.29, 0.717) is 5.75 Å². The molecule has 0 N–H and O–H groups in total. The van der Waals surface area contributed by atoms with Crippen LogP contribution < -0.4 is 9.47 Å². The van der Waals surface area contributed by atoms with Crippen LogP contribution in [-0.2, 0) is 4.79 Å². The normalized spacial score (nSPS) is 20.6. The van der Waals surface area contributed by atoms with Gasteiger partial charge in [-0.3, -0.25) is 4.79 Å². The first-order valence-electron chi connectivity index (χ1n) is 9.67. The molecule has 1 saturated carbocycles. The molecule has 0 atom stereocenters. The van der Waals surface area contributed by atoms with Crippen LogP contribution in [0.4, 0.5) is 0 Å². The maximum absolute atomic E-state index is 12.3. The van der Waals surface area contributed by atoms with Crippen LogP contribution >= 0.6 is 0 Å². The zero-order chi connectivity index (χ0) is 17.2. The Kier molecular flexibility index (Phi) is 8.14. The maximum atomic E-state index is 12.3. The molecule has 0 spiro atoms. The van der Waals surface area contributed by atoms with Crippen molar-refractivity contribution in [3.63, 3.8) is 0 Å². The van der Waals surface area contributed by atoms with Crippen LogP contribution in [0.25, 0.3) is 0 Å². The molecule has 2 rings (SSSR count). The molecule has 24 heavy (non-hydrogen) atoms. The first kappa shape index (κ1) is 18.8. The van der Waals surface area contributed by atoms with Gasteiger partial charge >= 0.3 is 5.97 Å².